The summed E-state index contributed by atoms with van der Waals surface area (Å²) in [5, 5.41) is 10.9. The largest absolute Gasteiger partial charge is 0.487 e. The number of nitro benzene ring substituents is 1. The van der Waals surface area contributed by atoms with Crippen molar-refractivity contribution in [3.63, 3.8) is 0 Å². The number of rotatable bonds is 5. The Bertz CT molecular complexity index is 705. The van der Waals surface area contributed by atoms with Crippen LogP contribution >= 0.6 is 27.5 Å². The highest BCUT2D eigenvalue weighted by Gasteiger charge is 2.12. The van der Waals surface area contributed by atoms with E-state index in [2.05, 4.69) is 15.9 Å². The molecule has 0 N–H and O–H groups in total. The Balaban J connectivity index is 2.21. The Kier molecular flexibility index (Phi) is 4.93. The average Bonchev–Trinajstić information content (AvgIpc) is 2.46. The molecule has 0 unspecified atom stereocenters. The number of nitrogens with zero attached hydrogens (tertiary/aromatic N) is 1. The van der Waals surface area contributed by atoms with E-state index in [1.807, 2.05) is 0 Å². The molecule has 0 aliphatic rings. The van der Waals surface area contributed by atoms with Crippen molar-refractivity contribution in [1.82, 2.24) is 0 Å². The lowest BCUT2D eigenvalue weighted by Crippen LogP contribution is -2.00. The molecule has 0 bridgehead atoms. The van der Waals surface area contributed by atoms with Crippen LogP contribution in [0.5, 0.6) is 5.75 Å². The first-order valence-electron chi connectivity index (χ1n) is 5.82. The standard InChI is InChI=1S/C14H9BrClNO4/c15-12-3-1-2-9(7-18)14(12)21-8-10-4-5-11(17(19)20)6-13(10)16/h1-7H,8H2. The van der Waals surface area contributed by atoms with Gasteiger partial charge in [-0.3, -0.25) is 14.9 Å². The molecule has 0 saturated heterocycles. The molecular weight excluding hydrogens is 362 g/mol. The number of nitro groups is 1. The second-order valence-corrected chi connectivity index (χ2v) is 5.36. The van der Waals surface area contributed by atoms with Crippen LogP contribution in [0, 0.1) is 10.1 Å². The van der Waals surface area contributed by atoms with Gasteiger partial charge in [0.05, 0.1) is 20.0 Å². The molecule has 0 spiro atoms. The molecule has 0 aliphatic heterocycles. The zero-order valence-electron chi connectivity index (χ0n) is 10.6. The molecule has 7 heteroatoms. The third kappa shape index (κ3) is 3.59. The summed E-state index contributed by atoms with van der Waals surface area (Å²) in [6.07, 6.45) is 0.692. The maximum atomic E-state index is 11.0. The Labute approximate surface area is 133 Å². The van der Waals surface area contributed by atoms with Gasteiger partial charge >= 0.3 is 0 Å². The average molecular weight is 371 g/mol. The topological polar surface area (TPSA) is 69.4 Å². The molecule has 0 aromatic heterocycles. The Morgan fingerprint density at radius 3 is 2.71 bits per heavy atom. The summed E-state index contributed by atoms with van der Waals surface area (Å²) in [5.74, 6) is 0.405. The van der Waals surface area contributed by atoms with Crippen molar-refractivity contribution in [3.8, 4) is 5.75 Å². The Morgan fingerprint density at radius 1 is 1.33 bits per heavy atom. The summed E-state index contributed by atoms with van der Waals surface area (Å²) in [5.41, 5.74) is 0.913. The molecular formula is C14H9BrClNO4. The van der Waals surface area contributed by atoms with Crippen molar-refractivity contribution < 1.29 is 14.5 Å². The lowest BCUT2D eigenvalue weighted by Gasteiger charge is -2.11. The van der Waals surface area contributed by atoms with Crippen LogP contribution < -0.4 is 4.74 Å². The molecule has 2 aromatic rings. The van der Waals surface area contributed by atoms with E-state index in [4.69, 9.17) is 16.3 Å². The second-order valence-electron chi connectivity index (χ2n) is 4.10. The van der Waals surface area contributed by atoms with Crippen LogP contribution in [0.15, 0.2) is 40.9 Å². The molecule has 0 atom stereocenters. The number of ether oxygens (including phenoxy) is 1. The van der Waals surface area contributed by atoms with Gasteiger partial charge in [0, 0.05) is 17.7 Å². The summed E-state index contributed by atoms with van der Waals surface area (Å²) in [7, 11) is 0. The van der Waals surface area contributed by atoms with Gasteiger partial charge < -0.3 is 4.74 Å². The first-order chi connectivity index (χ1) is 10.0. The molecule has 0 radical (unpaired) electrons. The van der Waals surface area contributed by atoms with E-state index in [9.17, 15) is 14.9 Å². The molecule has 0 heterocycles. The van der Waals surface area contributed by atoms with Gasteiger partial charge in [-0.1, -0.05) is 17.7 Å². The monoisotopic (exact) mass is 369 g/mol. The predicted molar refractivity (Wildman–Crippen MR) is 82.0 cm³/mol. The predicted octanol–water partition coefficient (Wildman–Crippen LogP) is 4.40. The first kappa shape index (κ1) is 15.5. The van der Waals surface area contributed by atoms with E-state index < -0.39 is 4.92 Å². The molecule has 0 fully saturated rings. The van der Waals surface area contributed by atoms with Crippen molar-refractivity contribution in [2.75, 3.05) is 0 Å². The zero-order chi connectivity index (χ0) is 15.4. The number of para-hydroxylation sites is 1. The Hall–Kier alpha value is -1.92. The quantitative estimate of drug-likeness (QED) is 0.444. The van der Waals surface area contributed by atoms with Gasteiger partial charge in [0.25, 0.3) is 5.69 Å². The molecule has 0 aliphatic carbocycles. The van der Waals surface area contributed by atoms with Crippen molar-refractivity contribution in [3.05, 3.63) is 67.1 Å². The molecule has 21 heavy (non-hydrogen) atoms. The summed E-state index contributed by atoms with van der Waals surface area (Å²) in [6, 6.07) is 9.24. The fourth-order valence-electron chi connectivity index (χ4n) is 1.69. The number of carbonyl (C=O) groups excluding carboxylic acids is 1. The number of benzene rings is 2. The van der Waals surface area contributed by atoms with Crippen molar-refractivity contribution in [2.24, 2.45) is 0 Å². The van der Waals surface area contributed by atoms with E-state index in [1.54, 1.807) is 18.2 Å². The van der Waals surface area contributed by atoms with Gasteiger partial charge in [0.2, 0.25) is 0 Å². The molecule has 5 nitrogen and oxygen atoms in total. The van der Waals surface area contributed by atoms with Gasteiger partial charge in [0.15, 0.2) is 6.29 Å². The SMILES string of the molecule is O=Cc1cccc(Br)c1OCc1ccc([N+](=O)[O-])cc1Cl. The van der Waals surface area contributed by atoms with Crippen molar-refractivity contribution in [1.29, 1.82) is 0 Å². The number of non-ortho nitro benzene ring substituents is 1. The van der Waals surface area contributed by atoms with Crippen molar-refractivity contribution >= 4 is 39.5 Å². The van der Waals surface area contributed by atoms with Gasteiger partial charge in [-0.25, -0.2) is 0 Å². The second kappa shape index (κ2) is 6.69. The van der Waals surface area contributed by atoms with Crippen molar-refractivity contribution in [2.45, 2.75) is 6.61 Å². The summed E-state index contributed by atoms with van der Waals surface area (Å²) < 4.78 is 6.24. The molecule has 2 rings (SSSR count). The summed E-state index contributed by atoms with van der Waals surface area (Å²) >= 11 is 9.29. The maximum absolute atomic E-state index is 11.0. The van der Waals surface area contributed by atoms with Gasteiger partial charge in [-0.05, 0) is 34.1 Å². The minimum atomic E-state index is -0.519. The third-order valence-electron chi connectivity index (χ3n) is 2.74. The Morgan fingerprint density at radius 2 is 2.10 bits per heavy atom. The number of hydrogen-bond donors (Lipinski definition) is 0. The number of hydrogen-bond acceptors (Lipinski definition) is 4. The minimum absolute atomic E-state index is 0.0850. The van der Waals surface area contributed by atoms with Crippen LogP contribution in [-0.2, 0) is 6.61 Å². The number of aldehydes is 1. The number of halogens is 2. The lowest BCUT2D eigenvalue weighted by molar-refractivity contribution is -0.384. The highest BCUT2D eigenvalue weighted by atomic mass is 79.9. The molecule has 2 aromatic carbocycles. The van der Waals surface area contributed by atoms with Crippen LogP contribution in [-0.4, -0.2) is 11.2 Å². The molecule has 108 valence electrons. The van der Waals surface area contributed by atoms with E-state index >= 15 is 0 Å². The van der Waals surface area contributed by atoms with E-state index in [0.29, 0.717) is 27.6 Å². The summed E-state index contributed by atoms with van der Waals surface area (Å²) in [4.78, 5) is 21.1. The summed E-state index contributed by atoms with van der Waals surface area (Å²) in [6.45, 7) is 0.0975. The van der Waals surface area contributed by atoms with Crippen LogP contribution in [0.25, 0.3) is 0 Å². The molecule has 0 saturated carbocycles. The fraction of sp³-hybridized carbons (Fsp3) is 0.0714. The maximum Gasteiger partial charge on any atom is 0.270 e. The van der Waals surface area contributed by atoms with Crippen LogP contribution in [0.2, 0.25) is 5.02 Å². The van der Waals surface area contributed by atoms with E-state index in [1.165, 1.54) is 18.2 Å². The van der Waals surface area contributed by atoms with Gasteiger partial charge in [0.1, 0.15) is 12.4 Å². The normalized spacial score (nSPS) is 10.2. The van der Waals surface area contributed by atoms with Gasteiger partial charge in [-0.15, -0.1) is 0 Å². The fourth-order valence-corrected chi connectivity index (χ4v) is 2.41. The lowest BCUT2D eigenvalue weighted by atomic mass is 10.2. The smallest absolute Gasteiger partial charge is 0.270 e. The minimum Gasteiger partial charge on any atom is -0.487 e. The number of carbonyl (C=O) groups is 1. The highest BCUT2D eigenvalue weighted by molar-refractivity contribution is 9.10. The van der Waals surface area contributed by atoms with Crippen LogP contribution in [0.3, 0.4) is 0 Å². The first-order valence-corrected chi connectivity index (χ1v) is 6.99. The van der Waals surface area contributed by atoms with Crippen LogP contribution in [0.4, 0.5) is 5.69 Å². The van der Waals surface area contributed by atoms with E-state index in [0.717, 1.165) is 0 Å². The molecule has 0 amide bonds. The van der Waals surface area contributed by atoms with Crippen LogP contribution in [0.1, 0.15) is 15.9 Å². The third-order valence-corrected chi connectivity index (χ3v) is 3.72. The zero-order valence-corrected chi connectivity index (χ0v) is 12.9. The highest BCUT2D eigenvalue weighted by Crippen LogP contribution is 2.30. The van der Waals surface area contributed by atoms with E-state index in [-0.39, 0.29) is 17.3 Å². The van der Waals surface area contributed by atoms with Gasteiger partial charge in [-0.2, -0.15) is 0 Å².